The minimum Gasteiger partial charge on any atom is -0.504 e. The number of hydrogen-bond donors (Lipinski definition) is 3. The summed E-state index contributed by atoms with van der Waals surface area (Å²) in [6.07, 6.45) is 2.46. The second-order valence-corrected chi connectivity index (χ2v) is 10.9. The van der Waals surface area contributed by atoms with Gasteiger partial charge < -0.3 is 24.6 Å². The van der Waals surface area contributed by atoms with Crippen molar-refractivity contribution in [1.82, 2.24) is 10.2 Å². The fourth-order valence-electron chi connectivity index (χ4n) is 6.70. The lowest BCUT2D eigenvalue weighted by Crippen LogP contribution is -2.78. The Kier molecular flexibility index (Phi) is 4.47. The number of nitrogens with one attached hydrogen (secondary N) is 1. The Bertz CT molecular complexity index is 927. The quantitative estimate of drug-likeness (QED) is 0.631. The lowest BCUT2D eigenvalue weighted by molar-refractivity contribution is -0.188. The molecule has 0 radical (unpaired) electrons. The Balaban J connectivity index is 1.53. The van der Waals surface area contributed by atoms with Crippen LogP contribution in [0.3, 0.4) is 0 Å². The predicted molar refractivity (Wildman–Crippen MR) is 115 cm³/mol. The number of likely N-dealkylation sites (tertiary alicyclic amines) is 1. The fraction of sp³-hybridized carbons (Fsp3) is 0.708. The third-order valence-corrected chi connectivity index (χ3v) is 7.95. The van der Waals surface area contributed by atoms with E-state index in [9.17, 15) is 15.0 Å². The third kappa shape index (κ3) is 2.79. The number of carbonyl (C=O) groups is 1. The van der Waals surface area contributed by atoms with Crippen LogP contribution in [-0.4, -0.2) is 70.1 Å². The van der Waals surface area contributed by atoms with Crippen LogP contribution < -0.4 is 10.1 Å². The normalized spacial score (nSPS) is 37.0. The Morgan fingerprint density at radius 1 is 1.35 bits per heavy atom. The highest BCUT2D eigenvalue weighted by atomic mass is 16.6. The number of likely N-dealkylation sites (N-methyl/N-ethyl adjacent to an activating group) is 1. The highest BCUT2D eigenvalue weighted by Crippen LogP contribution is 2.65. The zero-order valence-electron chi connectivity index (χ0n) is 19.1. The van der Waals surface area contributed by atoms with Crippen LogP contribution >= 0.6 is 0 Å². The van der Waals surface area contributed by atoms with Gasteiger partial charge in [-0.1, -0.05) is 6.07 Å². The SMILES string of the molecule is C[C@H](N[C@@H]1CC[C@@]2(O)C3Cc4ccc(O)c5c4C2(CCN3C)[C@H]1O5)C(=O)OC(C)(C)C. The summed E-state index contributed by atoms with van der Waals surface area (Å²) in [5, 5.41) is 26.2. The van der Waals surface area contributed by atoms with Crippen molar-refractivity contribution in [2.75, 3.05) is 13.6 Å². The summed E-state index contributed by atoms with van der Waals surface area (Å²) in [5.41, 5.74) is 0.0710. The van der Waals surface area contributed by atoms with Gasteiger partial charge >= 0.3 is 5.97 Å². The number of ether oxygens (including phenoxy) is 2. The molecular formula is C24H34N2O5. The van der Waals surface area contributed by atoms with Crippen molar-refractivity contribution >= 4 is 5.97 Å². The van der Waals surface area contributed by atoms with E-state index < -0.39 is 22.7 Å². The molecule has 4 aliphatic rings. The van der Waals surface area contributed by atoms with Crippen LogP contribution in [0.4, 0.5) is 0 Å². The molecule has 31 heavy (non-hydrogen) atoms. The molecule has 7 nitrogen and oxygen atoms in total. The topological polar surface area (TPSA) is 91.3 Å². The lowest BCUT2D eigenvalue weighted by atomic mass is 9.48. The Hall–Kier alpha value is -1.83. The molecule has 0 amide bonds. The fourth-order valence-corrected chi connectivity index (χ4v) is 6.70. The van der Waals surface area contributed by atoms with Crippen LogP contribution in [0.2, 0.25) is 0 Å². The monoisotopic (exact) mass is 430 g/mol. The number of rotatable bonds is 3. The van der Waals surface area contributed by atoms with E-state index in [1.165, 1.54) is 0 Å². The van der Waals surface area contributed by atoms with Gasteiger partial charge in [-0.2, -0.15) is 0 Å². The minimum absolute atomic E-state index is 0.0135. The molecule has 3 N–H and O–H groups in total. The van der Waals surface area contributed by atoms with Gasteiger partial charge in [-0.15, -0.1) is 0 Å². The van der Waals surface area contributed by atoms with Crippen LogP contribution in [0, 0.1) is 0 Å². The van der Waals surface area contributed by atoms with Crippen molar-refractivity contribution in [3.05, 3.63) is 23.3 Å². The predicted octanol–water partition coefficient (Wildman–Crippen LogP) is 1.86. The number of hydrogen-bond acceptors (Lipinski definition) is 7. The molecule has 5 rings (SSSR count). The average molecular weight is 431 g/mol. The van der Waals surface area contributed by atoms with Crippen LogP contribution in [0.5, 0.6) is 11.5 Å². The number of phenolic OH excluding ortho intramolecular Hbond substituents is 1. The van der Waals surface area contributed by atoms with E-state index in [0.717, 1.165) is 30.5 Å². The van der Waals surface area contributed by atoms with Gasteiger partial charge in [-0.05, 0) is 78.6 Å². The molecule has 1 saturated heterocycles. The van der Waals surface area contributed by atoms with E-state index in [0.29, 0.717) is 18.6 Å². The molecule has 1 saturated carbocycles. The van der Waals surface area contributed by atoms with Gasteiger partial charge in [0.05, 0.1) is 11.0 Å². The smallest absolute Gasteiger partial charge is 0.323 e. The molecular weight excluding hydrogens is 396 g/mol. The minimum atomic E-state index is -0.927. The highest BCUT2D eigenvalue weighted by Gasteiger charge is 2.72. The number of aromatic hydroxyl groups is 1. The van der Waals surface area contributed by atoms with Gasteiger partial charge in [0.25, 0.3) is 0 Å². The second kappa shape index (κ2) is 6.59. The maximum absolute atomic E-state index is 12.6. The summed E-state index contributed by atoms with van der Waals surface area (Å²) in [6.45, 7) is 8.25. The van der Waals surface area contributed by atoms with Crippen LogP contribution in [0.25, 0.3) is 0 Å². The van der Waals surface area contributed by atoms with E-state index in [1.807, 2.05) is 33.8 Å². The summed E-state index contributed by atoms with van der Waals surface area (Å²) in [6, 6.07) is 3.06. The van der Waals surface area contributed by atoms with Crippen molar-refractivity contribution in [3.63, 3.8) is 0 Å². The van der Waals surface area contributed by atoms with E-state index in [1.54, 1.807) is 6.07 Å². The maximum atomic E-state index is 12.6. The van der Waals surface area contributed by atoms with Gasteiger partial charge in [0.15, 0.2) is 11.5 Å². The largest absolute Gasteiger partial charge is 0.504 e. The first-order valence-electron chi connectivity index (χ1n) is 11.4. The van der Waals surface area contributed by atoms with E-state index in [-0.39, 0.29) is 29.9 Å². The number of carbonyl (C=O) groups excluding carboxylic acids is 1. The van der Waals surface area contributed by atoms with Crippen molar-refractivity contribution in [2.45, 2.75) is 94.2 Å². The molecule has 2 bridgehead atoms. The number of nitrogens with zero attached hydrogens (tertiary/aromatic N) is 1. The Morgan fingerprint density at radius 3 is 2.81 bits per heavy atom. The van der Waals surface area contributed by atoms with Crippen molar-refractivity contribution in [2.24, 2.45) is 0 Å². The molecule has 2 unspecified atom stereocenters. The van der Waals surface area contributed by atoms with Gasteiger partial charge in [-0.3, -0.25) is 10.1 Å². The van der Waals surface area contributed by atoms with Gasteiger partial charge in [-0.25, -0.2) is 0 Å². The molecule has 1 aromatic carbocycles. The molecule has 2 aliphatic carbocycles. The first-order chi connectivity index (χ1) is 14.5. The number of piperidine rings is 1. The average Bonchev–Trinajstić information content (AvgIpc) is 3.03. The summed E-state index contributed by atoms with van der Waals surface area (Å²) in [7, 11) is 2.08. The van der Waals surface area contributed by atoms with E-state index in [2.05, 4.69) is 17.3 Å². The summed E-state index contributed by atoms with van der Waals surface area (Å²) < 4.78 is 12.0. The van der Waals surface area contributed by atoms with Crippen LogP contribution in [-0.2, 0) is 21.4 Å². The van der Waals surface area contributed by atoms with Crippen molar-refractivity contribution < 1.29 is 24.5 Å². The van der Waals surface area contributed by atoms with Crippen molar-refractivity contribution in [3.8, 4) is 11.5 Å². The van der Waals surface area contributed by atoms with Gasteiger partial charge in [0.2, 0.25) is 0 Å². The summed E-state index contributed by atoms with van der Waals surface area (Å²) >= 11 is 0. The molecule has 6 atom stereocenters. The van der Waals surface area contributed by atoms with Crippen molar-refractivity contribution in [1.29, 1.82) is 0 Å². The number of phenols is 1. The summed E-state index contributed by atoms with van der Waals surface area (Å²) in [5.74, 6) is 0.346. The first-order valence-corrected chi connectivity index (χ1v) is 11.4. The standard InChI is InChI=1S/C24H34N2O5/c1-13(21(28)31-22(2,3)4)25-15-8-9-24(29)17-12-14-6-7-16(27)19-18(14)23(24,20(15)30-19)10-11-26(17)5/h6-7,13,15,17,20,25,27,29H,8-12H2,1-5H3/t13-,15+,17?,20-,23?,24+/m0/s1. The second-order valence-electron chi connectivity index (χ2n) is 10.9. The Morgan fingerprint density at radius 2 is 2.10 bits per heavy atom. The molecule has 2 fully saturated rings. The zero-order valence-corrected chi connectivity index (χ0v) is 19.1. The number of esters is 1. The van der Waals surface area contributed by atoms with Crippen LogP contribution in [0.15, 0.2) is 12.1 Å². The number of aliphatic hydroxyl groups is 1. The maximum Gasteiger partial charge on any atom is 0.323 e. The molecule has 7 heteroatoms. The summed E-state index contributed by atoms with van der Waals surface area (Å²) in [4.78, 5) is 14.9. The van der Waals surface area contributed by atoms with Crippen LogP contribution in [0.1, 0.15) is 58.1 Å². The van der Waals surface area contributed by atoms with Gasteiger partial charge in [0.1, 0.15) is 17.7 Å². The molecule has 170 valence electrons. The lowest BCUT2D eigenvalue weighted by Gasteiger charge is -2.63. The first kappa shape index (κ1) is 21.0. The van der Waals surface area contributed by atoms with Gasteiger partial charge in [0, 0.05) is 17.6 Å². The number of benzene rings is 1. The molecule has 2 heterocycles. The third-order valence-electron chi connectivity index (χ3n) is 7.95. The zero-order chi connectivity index (χ0) is 22.3. The Labute approximate surface area is 183 Å². The molecule has 1 aromatic rings. The molecule has 2 aliphatic heterocycles. The molecule has 1 spiro atoms. The molecule has 0 aromatic heterocycles. The van der Waals surface area contributed by atoms with E-state index in [4.69, 9.17) is 9.47 Å². The highest BCUT2D eigenvalue weighted by molar-refractivity contribution is 5.75. The van der Waals surface area contributed by atoms with E-state index >= 15 is 0 Å².